The summed E-state index contributed by atoms with van der Waals surface area (Å²) in [7, 11) is 0. The van der Waals surface area contributed by atoms with Crippen molar-refractivity contribution in [2.75, 3.05) is 4.90 Å². The largest absolute Gasteiger partial charge is 0.311 e. The van der Waals surface area contributed by atoms with Gasteiger partial charge in [0, 0.05) is 33.5 Å². The summed E-state index contributed by atoms with van der Waals surface area (Å²) < 4.78 is 2.44. The van der Waals surface area contributed by atoms with Crippen molar-refractivity contribution < 1.29 is 0 Å². The Morgan fingerprint density at radius 2 is 0.892 bits per heavy atom. The maximum absolute atomic E-state index is 2.48. The zero-order valence-corrected chi connectivity index (χ0v) is 41.6. The second kappa shape index (κ2) is 18.7. The van der Waals surface area contributed by atoms with Crippen LogP contribution < -0.4 is 15.3 Å². The number of aryl methyl sites for hydroxylation is 1. The number of hydrogen-bond acceptors (Lipinski definition) is 1. The number of anilines is 2. The molecule has 354 valence electrons. The highest BCUT2D eigenvalue weighted by molar-refractivity contribution is 6.12. The molecule has 4 aliphatic carbocycles. The molecule has 2 heteroatoms. The Labute approximate surface area is 433 Å². The van der Waals surface area contributed by atoms with Gasteiger partial charge in [0.15, 0.2) is 0 Å². The van der Waals surface area contributed by atoms with Gasteiger partial charge in [-0.2, -0.15) is 0 Å². The number of fused-ring (bicyclic) bond motifs is 6. The molecule has 0 atom stereocenters. The zero-order valence-electron chi connectivity index (χ0n) is 41.6. The molecular formula is C72H56N2. The van der Waals surface area contributed by atoms with Crippen molar-refractivity contribution in [3.8, 4) is 50.2 Å². The van der Waals surface area contributed by atoms with Crippen LogP contribution in [-0.4, -0.2) is 4.57 Å². The van der Waals surface area contributed by atoms with Crippen molar-refractivity contribution in [1.29, 1.82) is 0 Å². The van der Waals surface area contributed by atoms with E-state index in [0.717, 1.165) is 68.4 Å². The zero-order chi connectivity index (χ0) is 49.0. The lowest BCUT2D eigenvalue weighted by Crippen LogP contribution is -2.31. The molecule has 0 N–H and O–H groups in total. The standard InChI is InChI=1S/C72H56N2/c1-4-16-49(17-5-1)56-36-44-69-67(47-56)68-48-57(50-18-6-2-7-19-50)37-45-70(68)74(69)62-42-40-61(41-43-62)73(59-22-8-3-9-23-59)60-38-34-53(35-39-60)52-28-31-54(32-29-52)71-63-24-12-14-26-65(63)72(66-27-15-13-25-64(66)71)58-33-30-51-20-10-11-21-55(51)46-58/h1,4-6,8,11-12,14,16-19,21-48H,2-3,7,9-10,13,15,20H2. The number of aromatic nitrogens is 1. The Bertz CT molecular complexity index is 4140. The third-order valence-electron chi connectivity index (χ3n) is 15.9. The average molecular weight is 949 g/mol. The third-order valence-corrected chi connectivity index (χ3v) is 15.9. The van der Waals surface area contributed by atoms with Gasteiger partial charge in [-0.15, -0.1) is 0 Å². The van der Waals surface area contributed by atoms with Crippen LogP contribution in [0.3, 0.4) is 0 Å². The van der Waals surface area contributed by atoms with Crippen LogP contribution in [0.25, 0.3) is 107 Å². The molecule has 0 amide bonds. The van der Waals surface area contributed by atoms with E-state index < -0.39 is 0 Å². The summed E-state index contributed by atoms with van der Waals surface area (Å²) in [6, 6.07) is 68.6. The van der Waals surface area contributed by atoms with E-state index >= 15 is 0 Å². The SMILES string of the molecule is C1=CC(c2ccc3c(c2)c2cc(-c4ccccc4)ccc2n3-c2ccc(N(C3=CCCC=C3)c3ccc(-c4ccc(-c5c6c(c(-c7ccc8c(c7)C=CCC8)c7ccccc57)=CCCC=6)cc4)cc3)cc2)=CCC1. The number of nitrogens with zero attached hydrogens (tertiary/aromatic N) is 2. The Hall–Kier alpha value is -8.72. The minimum Gasteiger partial charge on any atom is -0.311 e. The fourth-order valence-electron chi connectivity index (χ4n) is 12.3. The van der Waals surface area contributed by atoms with Crippen LogP contribution in [0.4, 0.5) is 11.4 Å². The molecule has 0 radical (unpaired) electrons. The summed E-state index contributed by atoms with van der Waals surface area (Å²) in [6.07, 6.45) is 32.2. The highest BCUT2D eigenvalue weighted by atomic mass is 15.1. The normalized spacial score (nSPS) is 14.8. The Morgan fingerprint density at radius 3 is 1.57 bits per heavy atom. The van der Waals surface area contributed by atoms with Crippen LogP contribution in [0.5, 0.6) is 0 Å². The van der Waals surface area contributed by atoms with Crippen LogP contribution in [0.1, 0.15) is 61.6 Å². The second-order valence-electron chi connectivity index (χ2n) is 20.4. The molecule has 1 aromatic heterocycles. The van der Waals surface area contributed by atoms with Gasteiger partial charge in [-0.25, -0.2) is 0 Å². The van der Waals surface area contributed by atoms with Gasteiger partial charge in [-0.3, -0.25) is 0 Å². The third kappa shape index (κ3) is 7.81. The Balaban J connectivity index is 0.799. The second-order valence-corrected chi connectivity index (χ2v) is 20.4. The van der Waals surface area contributed by atoms with E-state index in [2.05, 4.69) is 252 Å². The highest BCUT2D eigenvalue weighted by Crippen LogP contribution is 2.40. The summed E-state index contributed by atoms with van der Waals surface area (Å²) in [5.74, 6) is 0. The first-order valence-corrected chi connectivity index (χ1v) is 26.7. The topological polar surface area (TPSA) is 8.17 Å². The summed E-state index contributed by atoms with van der Waals surface area (Å²) >= 11 is 0. The molecule has 4 aliphatic rings. The van der Waals surface area contributed by atoms with Crippen molar-refractivity contribution in [2.24, 2.45) is 0 Å². The lowest BCUT2D eigenvalue weighted by molar-refractivity contribution is 0.986. The van der Waals surface area contributed by atoms with Crippen molar-refractivity contribution in [3.63, 3.8) is 0 Å². The predicted octanol–water partition coefficient (Wildman–Crippen LogP) is 18.0. The number of benzene rings is 9. The molecule has 10 aromatic rings. The fraction of sp³-hybridized carbons (Fsp3) is 0.111. The van der Waals surface area contributed by atoms with E-state index in [9.17, 15) is 0 Å². The van der Waals surface area contributed by atoms with Crippen molar-refractivity contribution in [2.45, 2.75) is 51.4 Å². The highest BCUT2D eigenvalue weighted by Gasteiger charge is 2.20. The van der Waals surface area contributed by atoms with E-state index in [1.807, 2.05) is 0 Å². The first-order chi connectivity index (χ1) is 36.7. The lowest BCUT2D eigenvalue weighted by Gasteiger charge is -2.28. The molecule has 0 bridgehead atoms. The van der Waals surface area contributed by atoms with E-state index in [0.29, 0.717) is 0 Å². The molecule has 74 heavy (non-hydrogen) atoms. The van der Waals surface area contributed by atoms with Crippen LogP contribution in [0, 0.1) is 0 Å². The number of allylic oxidation sites excluding steroid dienone is 8. The minimum absolute atomic E-state index is 1.02. The van der Waals surface area contributed by atoms with Gasteiger partial charge in [-0.1, -0.05) is 170 Å². The van der Waals surface area contributed by atoms with Gasteiger partial charge in [0.25, 0.3) is 0 Å². The van der Waals surface area contributed by atoms with Crippen LogP contribution in [-0.2, 0) is 6.42 Å². The molecule has 0 saturated carbocycles. The Morgan fingerprint density at radius 1 is 0.351 bits per heavy atom. The van der Waals surface area contributed by atoms with Gasteiger partial charge in [0.05, 0.1) is 11.0 Å². The first-order valence-electron chi connectivity index (χ1n) is 26.7. The summed E-state index contributed by atoms with van der Waals surface area (Å²) in [5, 5.41) is 7.89. The molecule has 9 aromatic carbocycles. The van der Waals surface area contributed by atoms with Gasteiger partial charge in [0.1, 0.15) is 0 Å². The maximum Gasteiger partial charge on any atom is 0.0541 e. The lowest BCUT2D eigenvalue weighted by atomic mass is 9.85. The monoisotopic (exact) mass is 948 g/mol. The Kier molecular flexibility index (Phi) is 11.1. The van der Waals surface area contributed by atoms with E-state index in [-0.39, 0.29) is 0 Å². The molecule has 14 rings (SSSR count). The average Bonchev–Trinajstić information content (AvgIpc) is 3.81. The molecule has 2 nitrogen and oxygen atoms in total. The van der Waals surface area contributed by atoms with Gasteiger partial charge >= 0.3 is 0 Å². The number of rotatable bonds is 9. The molecule has 0 fully saturated rings. The first kappa shape index (κ1) is 44.0. The molecular weight excluding hydrogens is 893 g/mol. The molecule has 1 heterocycles. The van der Waals surface area contributed by atoms with Crippen molar-refractivity contribution >= 4 is 67.8 Å². The van der Waals surface area contributed by atoms with Crippen LogP contribution in [0.15, 0.2) is 230 Å². The maximum atomic E-state index is 2.48. The van der Waals surface area contributed by atoms with Gasteiger partial charge in [0.2, 0.25) is 0 Å². The summed E-state index contributed by atoms with van der Waals surface area (Å²) in [4.78, 5) is 2.41. The van der Waals surface area contributed by atoms with Gasteiger partial charge in [-0.05, 0) is 212 Å². The molecule has 0 unspecified atom stereocenters. The van der Waals surface area contributed by atoms with E-state index in [4.69, 9.17) is 0 Å². The molecule has 0 saturated heterocycles. The van der Waals surface area contributed by atoms with Crippen LogP contribution >= 0.6 is 0 Å². The minimum atomic E-state index is 1.02. The summed E-state index contributed by atoms with van der Waals surface area (Å²) in [5.41, 5.74) is 22.5. The predicted molar refractivity (Wildman–Crippen MR) is 316 cm³/mol. The van der Waals surface area contributed by atoms with E-state index in [1.165, 1.54) is 115 Å². The smallest absolute Gasteiger partial charge is 0.0541 e. The number of hydrogen-bond donors (Lipinski definition) is 0. The molecule has 0 spiro atoms. The fourth-order valence-corrected chi connectivity index (χ4v) is 12.3. The molecule has 0 aliphatic heterocycles. The van der Waals surface area contributed by atoms with E-state index in [1.54, 1.807) is 0 Å². The van der Waals surface area contributed by atoms with Crippen molar-refractivity contribution in [1.82, 2.24) is 4.57 Å². The van der Waals surface area contributed by atoms with Gasteiger partial charge < -0.3 is 9.47 Å². The van der Waals surface area contributed by atoms with Crippen molar-refractivity contribution in [3.05, 3.63) is 257 Å². The van der Waals surface area contributed by atoms with Crippen LogP contribution in [0.2, 0.25) is 0 Å². The quantitative estimate of drug-likeness (QED) is 0.140. The summed E-state index contributed by atoms with van der Waals surface area (Å²) in [6.45, 7) is 0.